The molecule has 0 rings (SSSR count). The Kier molecular flexibility index (Phi) is 14.9. The van der Waals surface area contributed by atoms with Crippen molar-refractivity contribution in [2.24, 2.45) is 0 Å². The molecule has 0 heterocycles. The van der Waals surface area contributed by atoms with E-state index in [0.29, 0.717) is 45.4 Å². The van der Waals surface area contributed by atoms with Crippen molar-refractivity contribution in [3.63, 3.8) is 0 Å². The van der Waals surface area contributed by atoms with E-state index >= 15 is 0 Å². The van der Waals surface area contributed by atoms with E-state index in [1.807, 2.05) is 0 Å². The van der Waals surface area contributed by atoms with E-state index in [4.69, 9.17) is 18.5 Å². The maximum atomic E-state index is 12.4. The van der Waals surface area contributed by atoms with Crippen LogP contribution in [0.5, 0.6) is 0 Å². The van der Waals surface area contributed by atoms with Crippen LogP contribution >= 0.6 is 7.60 Å². The first-order chi connectivity index (χ1) is 12.5. The van der Waals surface area contributed by atoms with E-state index in [0.717, 1.165) is 37.8 Å². The van der Waals surface area contributed by atoms with Gasteiger partial charge in [-0.15, -0.1) is 0 Å². The predicted octanol–water partition coefficient (Wildman–Crippen LogP) is 4.03. The molecule has 0 aromatic carbocycles. The van der Waals surface area contributed by atoms with Crippen molar-refractivity contribution in [3.05, 3.63) is 25.3 Å². The minimum atomic E-state index is -3.05. The van der Waals surface area contributed by atoms with Gasteiger partial charge in [-0.1, -0.05) is 20.1 Å². The summed E-state index contributed by atoms with van der Waals surface area (Å²) in [5, 5.41) is 0. The van der Waals surface area contributed by atoms with Crippen LogP contribution in [0.1, 0.15) is 45.4 Å². The van der Waals surface area contributed by atoms with Gasteiger partial charge in [-0.25, -0.2) is 9.59 Å². The minimum absolute atomic E-state index is 0.320. The van der Waals surface area contributed by atoms with Crippen molar-refractivity contribution in [2.75, 3.05) is 32.6 Å². The molecule has 0 fully saturated rings. The molecule has 7 nitrogen and oxygen atoms in total. The Morgan fingerprint density at radius 2 is 1.15 bits per heavy atom. The Morgan fingerprint density at radius 1 is 0.769 bits per heavy atom. The summed E-state index contributed by atoms with van der Waals surface area (Å²) in [6, 6.07) is 0. The van der Waals surface area contributed by atoms with E-state index in [1.165, 1.54) is 0 Å². The zero-order chi connectivity index (χ0) is 19.7. The fraction of sp³-hybridized carbons (Fsp3) is 0.667. The topological polar surface area (TPSA) is 88.1 Å². The maximum absolute atomic E-state index is 12.4. The van der Waals surface area contributed by atoms with Gasteiger partial charge >= 0.3 is 19.5 Å². The number of carbonyl (C=O) groups is 2. The number of esters is 2. The highest BCUT2D eigenvalue weighted by atomic mass is 31.2. The van der Waals surface area contributed by atoms with Crippen LogP contribution in [0.2, 0.25) is 0 Å². The molecule has 8 heteroatoms. The van der Waals surface area contributed by atoms with Crippen LogP contribution in [0.4, 0.5) is 0 Å². The SMILES string of the molecule is C=CC(=O)OCCCCCOP(=O)(CC)OCCCCCOC(=O)C=C. The molecule has 0 aliphatic carbocycles. The standard InChI is InChI=1S/C18H31O7P/c1-4-17(19)22-13-9-7-11-15-24-26(21,6-3)25-16-12-8-10-14-23-18(20)5-2/h4-5H,1-2,6-16H2,3H3. The minimum Gasteiger partial charge on any atom is -0.463 e. The lowest BCUT2D eigenvalue weighted by Gasteiger charge is -2.17. The predicted molar refractivity (Wildman–Crippen MR) is 100 cm³/mol. The van der Waals surface area contributed by atoms with Crippen LogP contribution in [-0.2, 0) is 32.7 Å². The maximum Gasteiger partial charge on any atom is 0.330 e. The molecule has 150 valence electrons. The molecule has 0 N–H and O–H groups in total. The number of hydrogen-bond acceptors (Lipinski definition) is 7. The molecule has 0 aromatic rings. The summed E-state index contributed by atoms with van der Waals surface area (Å²) >= 11 is 0. The van der Waals surface area contributed by atoms with Crippen molar-refractivity contribution in [1.82, 2.24) is 0 Å². The van der Waals surface area contributed by atoms with Crippen LogP contribution in [0.25, 0.3) is 0 Å². The van der Waals surface area contributed by atoms with Gasteiger partial charge in [-0.3, -0.25) is 4.57 Å². The molecule has 0 bridgehead atoms. The fourth-order valence-electron chi connectivity index (χ4n) is 1.85. The molecule has 0 atom stereocenters. The van der Waals surface area contributed by atoms with E-state index in [2.05, 4.69) is 13.2 Å². The lowest BCUT2D eigenvalue weighted by Crippen LogP contribution is -2.04. The highest BCUT2D eigenvalue weighted by molar-refractivity contribution is 7.53. The normalized spacial score (nSPS) is 11.0. The van der Waals surface area contributed by atoms with Crippen molar-refractivity contribution in [3.8, 4) is 0 Å². The zero-order valence-electron chi connectivity index (χ0n) is 15.7. The van der Waals surface area contributed by atoms with Gasteiger partial charge in [0.05, 0.1) is 26.4 Å². The Bertz CT molecular complexity index is 438. The van der Waals surface area contributed by atoms with E-state index in [9.17, 15) is 14.2 Å². The van der Waals surface area contributed by atoms with E-state index in [1.54, 1.807) is 6.92 Å². The fourth-order valence-corrected chi connectivity index (χ4v) is 3.11. The first-order valence-corrected chi connectivity index (χ1v) is 10.7. The third-order valence-corrected chi connectivity index (χ3v) is 5.29. The molecule has 0 aliphatic rings. The quantitative estimate of drug-likeness (QED) is 0.160. The monoisotopic (exact) mass is 390 g/mol. The van der Waals surface area contributed by atoms with Gasteiger partial charge in [0.25, 0.3) is 0 Å². The van der Waals surface area contributed by atoms with Crippen LogP contribution in [0, 0.1) is 0 Å². The smallest absolute Gasteiger partial charge is 0.330 e. The van der Waals surface area contributed by atoms with Gasteiger partial charge in [0.2, 0.25) is 0 Å². The van der Waals surface area contributed by atoms with Gasteiger partial charge in [0.15, 0.2) is 0 Å². The summed E-state index contributed by atoms with van der Waals surface area (Å²) in [5.41, 5.74) is 0. The second-order valence-electron chi connectivity index (χ2n) is 5.46. The highest BCUT2D eigenvalue weighted by Gasteiger charge is 2.21. The Hall–Kier alpha value is -1.43. The summed E-state index contributed by atoms with van der Waals surface area (Å²) in [6.45, 7) is 9.78. The first kappa shape index (κ1) is 24.6. The van der Waals surface area contributed by atoms with Gasteiger partial charge in [0.1, 0.15) is 0 Å². The Morgan fingerprint density at radius 3 is 1.50 bits per heavy atom. The molecule has 0 saturated carbocycles. The van der Waals surface area contributed by atoms with Gasteiger partial charge in [-0.05, 0) is 38.5 Å². The molecule has 0 aromatic heterocycles. The lowest BCUT2D eigenvalue weighted by molar-refractivity contribution is -0.138. The molecule has 0 spiro atoms. The van der Waals surface area contributed by atoms with Crippen LogP contribution in [-0.4, -0.2) is 44.5 Å². The molecule has 26 heavy (non-hydrogen) atoms. The van der Waals surface area contributed by atoms with E-state index < -0.39 is 19.5 Å². The zero-order valence-corrected chi connectivity index (χ0v) is 16.5. The second-order valence-corrected chi connectivity index (χ2v) is 7.83. The Labute approximate surface area is 156 Å². The van der Waals surface area contributed by atoms with Crippen molar-refractivity contribution in [1.29, 1.82) is 0 Å². The first-order valence-electron chi connectivity index (χ1n) is 8.94. The number of ether oxygens (including phenoxy) is 2. The van der Waals surface area contributed by atoms with Gasteiger partial charge < -0.3 is 18.5 Å². The van der Waals surface area contributed by atoms with Gasteiger partial charge in [0, 0.05) is 18.3 Å². The third-order valence-electron chi connectivity index (χ3n) is 3.36. The number of carbonyl (C=O) groups excluding carboxylic acids is 2. The molecule has 0 aliphatic heterocycles. The van der Waals surface area contributed by atoms with Crippen molar-refractivity contribution < 1.29 is 32.7 Å². The van der Waals surface area contributed by atoms with Crippen molar-refractivity contribution >= 4 is 19.5 Å². The second kappa shape index (κ2) is 15.8. The highest BCUT2D eigenvalue weighted by Crippen LogP contribution is 2.47. The summed E-state index contributed by atoms with van der Waals surface area (Å²) in [4.78, 5) is 21.7. The number of hydrogen-bond donors (Lipinski definition) is 0. The molecule has 0 saturated heterocycles. The third kappa shape index (κ3) is 13.8. The lowest BCUT2D eigenvalue weighted by atomic mass is 10.2. The molecule has 0 radical (unpaired) electrons. The van der Waals surface area contributed by atoms with Crippen LogP contribution < -0.4 is 0 Å². The van der Waals surface area contributed by atoms with Crippen molar-refractivity contribution in [2.45, 2.75) is 45.4 Å². The Balaban J connectivity index is 3.68. The molecule has 0 amide bonds. The number of rotatable bonds is 17. The van der Waals surface area contributed by atoms with E-state index in [-0.39, 0.29) is 0 Å². The number of unbranched alkanes of at least 4 members (excludes halogenated alkanes) is 4. The van der Waals surface area contributed by atoms with Gasteiger partial charge in [-0.2, -0.15) is 0 Å². The molecular formula is C18H31O7P. The summed E-state index contributed by atoms with van der Waals surface area (Å²) in [7, 11) is -3.05. The average molecular weight is 390 g/mol. The largest absolute Gasteiger partial charge is 0.463 e. The molecular weight excluding hydrogens is 359 g/mol. The van der Waals surface area contributed by atoms with Crippen LogP contribution in [0.3, 0.4) is 0 Å². The summed E-state index contributed by atoms with van der Waals surface area (Å²) in [6.07, 6.45) is 7.06. The average Bonchev–Trinajstić information content (AvgIpc) is 2.65. The van der Waals surface area contributed by atoms with Crippen LogP contribution in [0.15, 0.2) is 25.3 Å². The molecule has 0 unspecified atom stereocenters. The summed E-state index contributed by atoms with van der Waals surface area (Å²) in [5.74, 6) is -0.854. The summed E-state index contributed by atoms with van der Waals surface area (Å²) < 4.78 is 33.0.